The van der Waals surface area contributed by atoms with Crippen molar-refractivity contribution >= 4 is 21.8 Å². The van der Waals surface area contributed by atoms with Gasteiger partial charge in [-0.15, -0.1) is 0 Å². The summed E-state index contributed by atoms with van der Waals surface area (Å²) in [6.07, 6.45) is 1.91. The van der Waals surface area contributed by atoms with E-state index in [2.05, 4.69) is 102 Å². The average Bonchev–Trinajstić information content (AvgIpc) is 3.45. The van der Waals surface area contributed by atoms with Crippen LogP contribution in [0, 0.1) is 0 Å². The van der Waals surface area contributed by atoms with E-state index in [1.807, 2.05) is 60.7 Å². The van der Waals surface area contributed by atoms with Gasteiger partial charge in [-0.25, -0.2) is 15.0 Å². The molecule has 2 aromatic heterocycles. The molecule has 8 rings (SSSR count). The third-order valence-corrected chi connectivity index (χ3v) is 8.37. The van der Waals surface area contributed by atoms with Crippen LogP contribution in [0.2, 0.25) is 0 Å². The highest BCUT2D eigenvalue weighted by Crippen LogP contribution is 2.33. The number of fused-ring (bicyclic) bond motifs is 3. The summed E-state index contributed by atoms with van der Waals surface area (Å²) in [5.74, 6) is 2.02. The zero-order valence-electron chi connectivity index (χ0n) is 24.7. The van der Waals surface area contributed by atoms with Gasteiger partial charge in [-0.2, -0.15) is 0 Å². The number of hydrogen-bond acceptors (Lipinski definition) is 3. The summed E-state index contributed by atoms with van der Waals surface area (Å²) < 4.78 is 2.36. The van der Waals surface area contributed by atoms with Crippen LogP contribution in [-0.4, -0.2) is 19.5 Å². The molecule has 0 fully saturated rings. The Hall–Kier alpha value is -5.87. The summed E-state index contributed by atoms with van der Waals surface area (Å²) in [7, 11) is 0. The van der Waals surface area contributed by atoms with E-state index in [4.69, 9.17) is 15.0 Å². The lowest BCUT2D eigenvalue weighted by Crippen LogP contribution is -2.00. The Balaban J connectivity index is 1.07. The first-order valence-electron chi connectivity index (χ1n) is 15.3. The van der Waals surface area contributed by atoms with Crippen LogP contribution < -0.4 is 0 Å². The van der Waals surface area contributed by atoms with E-state index in [0.29, 0.717) is 17.5 Å². The monoisotopic (exact) mass is 578 g/mol. The molecule has 4 heteroatoms. The standard InChI is InChI=1S/C41H30N4/c1-4-12-31(13-5-1)39-42-40(32-14-6-2-7-15-32)44-41(43-39)33-25-22-29(23-26-33)20-21-30-24-27-38-36(28-30)35-18-10-11-19-37(35)45(38)34-16-8-3-9-17-34/h1-19,22-28H,20-21H2. The number of benzene rings is 6. The minimum atomic E-state index is 0.674. The Morgan fingerprint density at radius 2 is 0.844 bits per heavy atom. The number of aromatic nitrogens is 4. The predicted octanol–water partition coefficient (Wildman–Crippen LogP) is 9.75. The van der Waals surface area contributed by atoms with Crippen molar-refractivity contribution in [3.63, 3.8) is 0 Å². The van der Waals surface area contributed by atoms with Crippen LogP contribution in [0.1, 0.15) is 11.1 Å². The molecule has 2 heterocycles. The van der Waals surface area contributed by atoms with Crippen molar-refractivity contribution in [1.29, 1.82) is 0 Å². The predicted molar refractivity (Wildman–Crippen MR) is 184 cm³/mol. The fraction of sp³-hybridized carbons (Fsp3) is 0.0488. The molecule has 0 saturated carbocycles. The third kappa shape index (κ3) is 5.28. The lowest BCUT2D eigenvalue weighted by atomic mass is 10.0. The molecule has 0 unspecified atom stereocenters. The highest BCUT2D eigenvalue weighted by atomic mass is 15.0. The zero-order chi connectivity index (χ0) is 30.0. The smallest absolute Gasteiger partial charge is 0.164 e. The second-order valence-corrected chi connectivity index (χ2v) is 11.3. The van der Waals surface area contributed by atoms with Gasteiger partial charge in [0.15, 0.2) is 17.5 Å². The van der Waals surface area contributed by atoms with Crippen LogP contribution in [0.3, 0.4) is 0 Å². The Morgan fingerprint density at radius 1 is 0.378 bits per heavy atom. The first-order valence-corrected chi connectivity index (χ1v) is 15.3. The minimum Gasteiger partial charge on any atom is -0.309 e. The molecule has 8 aromatic rings. The van der Waals surface area contributed by atoms with E-state index in [1.54, 1.807) is 0 Å². The molecule has 0 bridgehead atoms. The molecule has 0 aliphatic heterocycles. The third-order valence-electron chi connectivity index (χ3n) is 8.37. The molecule has 0 amide bonds. The van der Waals surface area contributed by atoms with Crippen LogP contribution in [0.25, 0.3) is 61.7 Å². The van der Waals surface area contributed by atoms with Gasteiger partial charge < -0.3 is 4.57 Å². The zero-order valence-corrected chi connectivity index (χ0v) is 24.7. The largest absolute Gasteiger partial charge is 0.309 e. The summed E-state index contributed by atoms with van der Waals surface area (Å²) in [5, 5.41) is 2.57. The molecule has 0 saturated heterocycles. The van der Waals surface area contributed by atoms with Crippen LogP contribution in [0.5, 0.6) is 0 Å². The van der Waals surface area contributed by atoms with Gasteiger partial charge in [-0.1, -0.05) is 127 Å². The lowest BCUT2D eigenvalue weighted by molar-refractivity contribution is 0.962. The molecule has 0 aliphatic carbocycles. The van der Waals surface area contributed by atoms with Gasteiger partial charge in [0.1, 0.15) is 0 Å². The Labute approximate surface area is 262 Å². The highest BCUT2D eigenvalue weighted by molar-refractivity contribution is 6.09. The molecule has 0 N–H and O–H groups in total. The average molecular weight is 579 g/mol. The molecule has 0 aliphatic rings. The normalized spacial score (nSPS) is 11.3. The van der Waals surface area contributed by atoms with E-state index in [9.17, 15) is 0 Å². The maximum absolute atomic E-state index is 4.88. The highest BCUT2D eigenvalue weighted by Gasteiger charge is 2.14. The SMILES string of the molecule is c1ccc(-c2nc(-c3ccccc3)nc(-c3ccc(CCc4ccc5c(c4)c4ccccc4n5-c4ccccc4)cc3)n2)cc1. The Morgan fingerprint density at radius 3 is 1.47 bits per heavy atom. The van der Waals surface area contributed by atoms with Gasteiger partial charge in [-0.3, -0.25) is 0 Å². The van der Waals surface area contributed by atoms with Crippen molar-refractivity contribution in [3.8, 4) is 39.9 Å². The van der Waals surface area contributed by atoms with Gasteiger partial charge in [0.2, 0.25) is 0 Å². The van der Waals surface area contributed by atoms with Gasteiger partial charge in [-0.05, 0) is 54.3 Å². The molecule has 4 nitrogen and oxygen atoms in total. The Bertz CT molecular complexity index is 2180. The van der Waals surface area contributed by atoms with E-state index >= 15 is 0 Å². The van der Waals surface area contributed by atoms with Crippen molar-refractivity contribution in [2.24, 2.45) is 0 Å². The van der Waals surface area contributed by atoms with Crippen LogP contribution in [0.15, 0.2) is 158 Å². The number of hydrogen-bond donors (Lipinski definition) is 0. The maximum atomic E-state index is 4.88. The maximum Gasteiger partial charge on any atom is 0.164 e. The van der Waals surface area contributed by atoms with Crippen LogP contribution in [-0.2, 0) is 12.8 Å². The number of para-hydroxylation sites is 2. The quantitative estimate of drug-likeness (QED) is 0.189. The van der Waals surface area contributed by atoms with Gasteiger partial charge in [0, 0.05) is 33.2 Å². The number of rotatable bonds is 7. The molecular formula is C41H30N4. The molecule has 0 atom stereocenters. The van der Waals surface area contributed by atoms with E-state index in [-0.39, 0.29) is 0 Å². The van der Waals surface area contributed by atoms with Crippen molar-refractivity contribution in [2.75, 3.05) is 0 Å². The van der Waals surface area contributed by atoms with Crippen molar-refractivity contribution in [3.05, 3.63) is 169 Å². The van der Waals surface area contributed by atoms with E-state index < -0.39 is 0 Å². The summed E-state index contributed by atoms with van der Waals surface area (Å²) >= 11 is 0. The fourth-order valence-electron chi connectivity index (χ4n) is 6.08. The van der Waals surface area contributed by atoms with Crippen molar-refractivity contribution < 1.29 is 0 Å². The van der Waals surface area contributed by atoms with E-state index in [0.717, 1.165) is 29.5 Å². The fourth-order valence-corrected chi connectivity index (χ4v) is 6.08. The van der Waals surface area contributed by atoms with E-state index in [1.165, 1.54) is 38.6 Å². The topological polar surface area (TPSA) is 43.6 Å². The van der Waals surface area contributed by atoms with Crippen molar-refractivity contribution in [1.82, 2.24) is 19.5 Å². The molecule has 0 radical (unpaired) electrons. The summed E-state index contributed by atoms with van der Waals surface area (Å²) in [6, 6.07) is 55.0. The second kappa shape index (κ2) is 11.7. The Kier molecular flexibility index (Phi) is 6.93. The molecule has 0 spiro atoms. The summed E-state index contributed by atoms with van der Waals surface area (Å²) in [4.78, 5) is 14.6. The molecule has 45 heavy (non-hydrogen) atoms. The minimum absolute atomic E-state index is 0.674. The molecule has 6 aromatic carbocycles. The van der Waals surface area contributed by atoms with Gasteiger partial charge in [0.05, 0.1) is 11.0 Å². The van der Waals surface area contributed by atoms with Crippen molar-refractivity contribution in [2.45, 2.75) is 12.8 Å². The van der Waals surface area contributed by atoms with Crippen LogP contribution in [0.4, 0.5) is 0 Å². The summed E-state index contributed by atoms with van der Waals surface area (Å²) in [5.41, 5.74) is 9.18. The van der Waals surface area contributed by atoms with Gasteiger partial charge >= 0.3 is 0 Å². The second-order valence-electron chi connectivity index (χ2n) is 11.3. The summed E-state index contributed by atoms with van der Waals surface area (Å²) in [6.45, 7) is 0. The molecule has 214 valence electrons. The van der Waals surface area contributed by atoms with Crippen LogP contribution >= 0.6 is 0 Å². The first-order chi connectivity index (χ1) is 22.3. The van der Waals surface area contributed by atoms with Gasteiger partial charge in [0.25, 0.3) is 0 Å². The first kappa shape index (κ1) is 26.7. The lowest BCUT2D eigenvalue weighted by Gasteiger charge is -2.09. The number of aryl methyl sites for hydroxylation is 2. The number of nitrogens with zero attached hydrogens (tertiary/aromatic N) is 4. The molecular weight excluding hydrogens is 548 g/mol.